The van der Waals surface area contributed by atoms with Gasteiger partial charge in [0.1, 0.15) is 0 Å². The number of hydrogen-bond acceptors (Lipinski definition) is 3. The van der Waals surface area contributed by atoms with Gasteiger partial charge in [-0.15, -0.1) is 0 Å². The van der Waals surface area contributed by atoms with Crippen LogP contribution in [0.2, 0.25) is 0 Å². The number of piperidine rings is 1. The largest absolute Gasteiger partial charge is 0.396 e. The van der Waals surface area contributed by atoms with Gasteiger partial charge in [0.05, 0.1) is 6.61 Å². The fourth-order valence-corrected chi connectivity index (χ4v) is 3.73. The van der Waals surface area contributed by atoms with Crippen molar-refractivity contribution in [3.05, 3.63) is 0 Å². The van der Waals surface area contributed by atoms with Crippen molar-refractivity contribution in [1.82, 2.24) is 10.2 Å². The molecule has 0 bridgehead atoms. The van der Waals surface area contributed by atoms with Crippen molar-refractivity contribution >= 4 is 5.91 Å². The molecule has 1 aliphatic carbocycles. The lowest BCUT2D eigenvalue weighted by molar-refractivity contribution is -0.122. The van der Waals surface area contributed by atoms with Gasteiger partial charge in [0, 0.05) is 24.9 Å². The number of nitrogens with zero attached hydrogens (tertiary/aromatic N) is 1. The Morgan fingerprint density at radius 3 is 2.75 bits per heavy atom. The quantitative estimate of drug-likeness (QED) is 0.781. The van der Waals surface area contributed by atoms with E-state index in [1.807, 2.05) is 0 Å². The lowest BCUT2D eigenvalue weighted by atomic mass is 9.87. The Morgan fingerprint density at radius 1 is 1.35 bits per heavy atom. The molecule has 0 aromatic carbocycles. The van der Waals surface area contributed by atoms with Crippen molar-refractivity contribution < 1.29 is 9.90 Å². The second-order valence-corrected chi connectivity index (χ2v) is 6.95. The van der Waals surface area contributed by atoms with Crippen molar-refractivity contribution in [2.75, 3.05) is 33.3 Å². The highest BCUT2D eigenvalue weighted by molar-refractivity contribution is 5.75. The van der Waals surface area contributed by atoms with E-state index in [0.29, 0.717) is 18.9 Å². The summed E-state index contributed by atoms with van der Waals surface area (Å²) >= 11 is 0. The predicted molar refractivity (Wildman–Crippen MR) is 80.5 cm³/mol. The first-order chi connectivity index (χ1) is 9.63. The summed E-state index contributed by atoms with van der Waals surface area (Å²) in [5.41, 5.74) is -0.0271. The third kappa shape index (κ3) is 4.45. The van der Waals surface area contributed by atoms with Crippen LogP contribution in [0.25, 0.3) is 0 Å². The molecule has 1 saturated heterocycles. The predicted octanol–water partition coefficient (Wildman–Crippen LogP) is 1.78. The minimum Gasteiger partial charge on any atom is -0.396 e. The number of aliphatic hydroxyl groups excluding tert-OH is 1. The number of carbonyl (C=O) groups is 1. The van der Waals surface area contributed by atoms with Crippen LogP contribution < -0.4 is 5.32 Å². The number of aliphatic hydroxyl groups is 1. The van der Waals surface area contributed by atoms with Crippen molar-refractivity contribution in [2.45, 2.75) is 51.4 Å². The Kier molecular flexibility index (Phi) is 5.85. The highest BCUT2D eigenvalue weighted by Gasteiger charge is 2.33. The van der Waals surface area contributed by atoms with Crippen LogP contribution in [0.1, 0.15) is 51.4 Å². The van der Waals surface area contributed by atoms with E-state index in [4.69, 9.17) is 0 Å². The third-order valence-corrected chi connectivity index (χ3v) is 5.16. The molecule has 1 aliphatic heterocycles. The molecule has 1 heterocycles. The van der Waals surface area contributed by atoms with Gasteiger partial charge in [-0.1, -0.05) is 12.8 Å². The fraction of sp³-hybridized carbons (Fsp3) is 0.938. The molecule has 0 radical (unpaired) electrons. The van der Waals surface area contributed by atoms with E-state index in [-0.39, 0.29) is 17.9 Å². The third-order valence-electron chi connectivity index (χ3n) is 5.16. The summed E-state index contributed by atoms with van der Waals surface area (Å²) in [5, 5.41) is 12.6. The summed E-state index contributed by atoms with van der Waals surface area (Å²) in [6.07, 6.45) is 8.64. The molecule has 2 aliphatic rings. The molecule has 1 amide bonds. The maximum Gasteiger partial charge on any atom is 0.220 e. The molecule has 0 aromatic rings. The zero-order valence-electron chi connectivity index (χ0n) is 12.9. The van der Waals surface area contributed by atoms with Gasteiger partial charge in [0.2, 0.25) is 5.91 Å². The maximum absolute atomic E-state index is 12.0. The Labute approximate surface area is 122 Å². The van der Waals surface area contributed by atoms with Crippen LogP contribution in [0.4, 0.5) is 0 Å². The molecule has 1 saturated carbocycles. The van der Waals surface area contributed by atoms with Crippen LogP contribution in [0.3, 0.4) is 0 Å². The van der Waals surface area contributed by atoms with E-state index in [1.54, 1.807) is 0 Å². The molecule has 2 rings (SSSR count). The van der Waals surface area contributed by atoms with Crippen LogP contribution in [-0.4, -0.2) is 49.2 Å². The molecular weight excluding hydrogens is 252 g/mol. The van der Waals surface area contributed by atoms with Crippen molar-refractivity contribution in [3.63, 3.8) is 0 Å². The lowest BCUT2D eigenvalue weighted by Gasteiger charge is -2.30. The SMILES string of the molecule is CN1CCC[C@@H](CCC(=O)NCC2(CO)CCCC2)C1. The van der Waals surface area contributed by atoms with Gasteiger partial charge in [-0.3, -0.25) is 4.79 Å². The van der Waals surface area contributed by atoms with Crippen LogP contribution >= 0.6 is 0 Å². The standard InChI is InChI=1S/C16H30N2O2/c1-18-10-4-5-14(11-18)6-7-15(20)17-12-16(13-19)8-2-3-9-16/h14,19H,2-13H2,1H3,(H,17,20)/t14-/m0/s1. The van der Waals surface area contributed by atoms with E-state index in [9.17, 15) is 9.90 Å². The smallest absolute Gasteiger partial charge is 0.220 e. The number of nitrogens with one attached hydrogen (secondary N) is 1. The number of rotatable bonds is 6. The van der Waals surface area contributed by atoms with Crippen molar-refractivity contribution in [1.29, 1.82) is 0 Å². The Bertz CT molecular complexity index is 314. The van der Waals surface area contributed by atoms with Gasteiger partial charge < -0.3 is 15.3 Å². The molecule has 4 heteroatoms. The van der Waals surface area contributed by atoms with Gasteiger partial charge in [0.15, 0.2) is 0 Å². The normalized spacial score (nSPS) is 26.6. The highest BCUT2D eigenvalue weighted by Crippen LogP contribution is 2.36. The zero-order chi connectivity index (χ0) is 14.4. The highest BCUT2D eigenvalue weighted by atomic mass is 16.3. The maximum atomic E-state index is 12.0. The van der Waals surface area contributed by atoms with Crippen LogP contribution in [-0.2, 0) is 4.79 Å². The van der Waals surface area contributed by atoms with Crippen LogP contribution in [0, 0.1) is 11.3 Å². The monoisotopic (exact) mass is 282 g/mol. The molecular formula is C16H30N2O2. The van der Waals surface area contributed by atoms with Gasteiger partial charge >= 0.3 is 0 Å². The van der Waals surface area contributed by atoms with E-state index in [1.165, 1.54) is 32.2 Å². The van der Waals surface area contributed by atoms with Crippen molar-refractivity contribution in [2.24, 2.45) is 11.3 Å². The second-order valence-electron chi connectivity index (χ2n) is 6.95. The van der Waals surface area contributed by atoms with E-state index >= 15 is 0 Å². The summed E-state index contributed by atoms with van der Waals surface area (Å²) in [4.78, 5) is 14.3. The molecule has 20 heavy (non-hydrogen) atoms. The van der Waals surface area contributed by atoms with Gasteiger partial charge in [-0.25, -0.2) is 0 Å². The molecule has 0 unspecified atom stereocenters. The van der Waals surface area contributed by atoms with E-state index in [0.717, 1.165) is 25.8 Å². The molecule has 0 spiro atoms. The lowest BCUT2D eigenvalue weighted by Crippen LogP contribution is -2.38. The first kappa shape index (κ1) is 15.8. The van der Waals surface area contributed by atoms with E-state index < -0.39 is 0 Å². The summed E-state index contributed by atoms with van der Waals surface area (Å²) < 4.78 is 0. The zero-order valence-corrected chi connectivity index (χ0v) is 12.9. The Balaban J connectivity index is 1.65. The average Bonchev–Trinajstić information content (AvgIpc) is 2.92. The second kappa shape index (κ2) is 7.41. The topological polar surface area (TPSA) is 52.6 Å². The Morgan fingerprint density at radius 2 is 2.10 bits per heavy atom. The summed E-state index contributed by atoms with van der Waals surface area (Å²) in [7, 11) is 2.16. The number of hydrogen-bond donors (Lipinski definition) is 2. The summed E-state index contributed by atoms with van der Waals surface area (Å²) in [5.74, 6) is 0.843. The van der Waals surface area contributed by atoms with Crippen LogP contribution in [0.5, 0.6) is 0 Å². The van der Waals surface area contributed by atoms with Gasteiger partial charge in [-0.05, 0) is 51.6 Å². The summed E-state index contributed by atoms with van der Waals surface area (Å²) in [6.45, 7) is 3.20. The Hall–Kier alpha value is -0.610. The summed E-state index contributed by atoms with van der Waals surface area (Å²) in [6, 6.07) is 0. The molecule has 2 N–H and O–H groups in total. The molecule has 0 aromatic heterocycles. The minimum absolute atomic E-state index is 0.0271. The fourth-order valence-electron chi connectivity index (χ4n) is 3.73. The van der Waals surface area contributed by atoms with Crippen molar-refractivity contribution in [3.8, 4) is 0 Å². The van der Waals surface area contributed by atoms with E-state index in [2.05, 4.69) is 17.3 Å². The first-order valence-electron chi connectivity index (χ1n) is 8.20. The number of carbonyl (C=O) groups excluding carboxylic acids is 1. The minimum atomic E-state index is -0.0271. The molecule has 116 valence electrons. The van der Waals surface area contributed by atoms with Gasteiger partial charge in [0.25, 0.3) is 0 Å². The van der Waals surface area contributed by atoms with Gasteiger partial charge in [-0.2, -0.15) is 0 Å². The number of likely N-dealkylation sites (tertiary alicyclic amines) is 1. The van der Waals surface area contributed by atoms with Crippen LogP contribution in [0.15, 0.2) is 0 Å². The first-order valence-corrected chi connectivity index (χ1v) is 8.20. The average molecular weight is 282 g/mol. The number of amides is 1. The molecule has 2 fully saturated rings. The molecule has 4 nitrogen and oxygen atoms in total. The molecule has 1 atom stereocenters.